The van der Waals surface area contributed by atoms with Crippen LogP contribution < -0.4 is 15.8 Å². The van der Waals surface area contributed by atoms with E-state index in [0.717, 1.165) is 5.56 Å². The lowest BCUT2D eigenvalue weighted by atomic mass is 10.0. The first-order valence-corrected chi connectivity index (χ1v) is 7.51. The molecular formula is C18H21FN2O2. The first-order valence-electron chi connectivity index (χ1n) is 7.51. The Morgan fingerprint density at radius 1 is 1.09 bits per heavy atom. The van der Waals surface area contributed by atoms with E-state index >= 15 is 0 Å². The third-order valence-electron chi connectivity index (χ3n) is 3.64. The molecule has 5 heteroatoms. The van der Waals surface area contributed by atoms with Gasteiger partial charge in [-0.05, 0) is 48.9 Å². The molecule has 2 rings (SSSR count). The predicted molar refractivity (Wildman–Crippen MR) is 87.6 cm³/mol. The van der Waals surface area contributed by atoms with Gasteiger partial charge in [0.1, 0.15) is 17.3 Å². The number of nitrogens with one attached hydrogen (secondary N) is 1. The van der Waals surface area contributed by atoms with Gasteiger partial charge in [0.15, 0.2) is 0 Å². The molecule has 0 aliphatic heterocycles. The van der Waals surface area contributed by atoms with E-state index in [0.29, 0.717) is 18.0 Å². The Bertz CT molecular complexity index is 639. The SMILES string of the molecule is CC(N)C(C)C(=O)NCc1ccc(Oc2ccc(F)cc2)cc1. The monoisotopic (exact) mass is 316 g/mol. The number of benzene rings is 2. The molecule has 2 atom stereocenters. The maximum atomic E-state index is 12.8. The standard InChI is InChI=1S/C18H21FN2O2/c1-12(13(2)20)18(22)21-11-14-3-7-16(8-4-14)23-17-9-5-15(19)6-10-17/h3-10,12-13H,11,20H2,1-2H3,(H,21,22). The van der Waals surface area contributed by atoms with Gasteiger partial charge >= 0.3 is 0 Å². The molecule has 3 N–H and O–H groups in total. The maximum absolute atomic E-state index is 12.8. The number of ether oxygens (including phenoxy) is 1. The van der Waals surface area contributed by atoms with Crippen molar-refractivity contribution in [1.29, 1.82) is 0 Å². The number of rotatable bonds is 6. The van der Waals surface area contributed by atoms with Gasteiger partial charge in [0.05, 0.1) is 0 Å². The fourth-order valence-corrected chi connectivity index (χ4v) is 1.90. The summed E-state index contributed by atoms with van der Waals surface area (Å²) >= 11 is 0. The van der Waals surface area contributed by atoms with E-state index < -0.39 is 0 Å². The molecule has 0 fully saturated rings. The predicted octanol–water partition coefficient (Wildman–Crippen LogP) is 3.22. The molecule has 23 heavy (non-hydrogen) atoms. The zero-order valence-electron chi connectivity index (χ0n) is 13.3. The molecule has 2 unspecified atom stereocenters. The Morgan fingerprint density at radius 3 is 2.13 bits per heavy atom. The number of amides is 1. The van der Waals surface area contributed by atoms with E-state index in [4.69, 9.17) is 10.5 Å². The lowest BCUT2D eigenvalue weighted by Gasteiger charge is -2.15. The second-order valence-electron chi connectivity index (χ2n) is 5.57. The van der Waals surface area contributed by atoms with Crippen LogP contribution in [0.3, 0.4) is 0 Å². The highest BCUT2D eigenvalue weighted by atomic mass is 19.1. The van der Waals surface area contributed by atoms with E-state index in [1.165, 1.54) is 12.1 Å². The summed E-state index contributed by atoms with van der Waals surface area (Å²) in [6.07, 6.45) is 0. The van der Waals surface area contributed by atoms with Crippen LogP contribution >= 0.6 is 0 Å². The molecule has 2 aromatic rings. The van der Waals surface area contributed by atoms with E-state index in [1.54, 1.807) is 31.2 Å². The molecule has 0 aromatic heterocycles. The highest BCUT2D eigenvalue weighted by Gasteiger charge is 2.16. The molecule has 4 nitrogen and oxygen atoms in total. The molecule has 0 radical (unpaired) electrons. The van der Waals surface area contributed by atoms with Crippen molar-refractivity contribution in [2.75, 3.05) is 0 Å². The van der Waals surface area contributed by atoms with Gasteiger partial charge in [0, 0.05) is 18.5 Å². The van der Waals surface area contributed by atoms with Gasteiger partial charge in [-0.2, -0.15) is 0 Å². The van der Waals surface area contributed by atoms with E-state index in [9.17, 15) is 9.18 Å². The number of nitrogens with two attached hydrogens (primary N) is 1. The van der Waals surface area contributed by atoms with Gasteiger partial charge < -0.3 is 15.8 Å². The quantitative estimate of drug-likeness (QED) is 0.860. The zero-order valence-corrected chi connectivity index (χ0v) is 13.3. The summed E-state index contributed by atoms with van der Waals surface area (Å²) in [5.74, 6) is 0.626. The summed E-state index contributed by atoms with van der Waals surface area (Å²) in [6, 6.07) is 13.0. The minimum Gasteiger partial charge on any atom is -0.457 e. The van der Waals surface area contributed by atoms with Crippen molar-refractivity contribution in [2.24, 2.45) is 11.7 Å². The van der Waals surface area contributed by atoms with E-state index in [2.05, 4.69) is 5.32 Å². The van der Waals surface area contributed by atoms with Crippen molar-refractivity contribution < 1.29 is 13.9 Å². The van der Waals surface area contributed by atoms with Crippen molar-refractivity contribution in [1.82, 2.24) is 5.32 Å². The smallest absolute Gasteiger partial charge is 0.224 e. The minimum atomic E-state index is -0.301. The van der Waals surface area contributed by atoms with Crippen molar-refractivity contribution in [2.45, 2.75) is 26.4 Å². The molecule has 0 spiro atoms. The number of hydrogen-bond acceptors (Lipinski definition) is 3. The van der Waals surface area contributed by atoms with Gasteiger partial charge in [-0.15, -0.1) is 0 Å². The number of hydrogen-bond donors (Lipinski definition) is 2. The van der Waals surface area contributed by atoms with Gasteiger partial charge in [-0.3, -0.25) is 4.79 Å². The molecule has 0 heterocycles. The molecule has 1 amide bonds. The number of carbonyl (C=O) groups excluding carboxylic acids is 1. The van der Waals surface area contributed by atoms with Gasteiger partial charge in [-0.25, -0.2) is 4.39 Å². The zero-order chi connectivity index (χ0) is 16.8. The van der Waals surface area contributed by atoms with Gasteiger partial charge in [0.25, 0.3) is 0 Å². The highest BCUT2D eigenvalue weighted by molar-refractivity contribution is 5.78. The fourth-order valence-electron chi connectivity index (χ4n) is 1.90. The minimum absolute atomic E-state index is 0.0633. The van der Waals surface area contributed by atoms with Crippen LogP contribution in [0.2, 0.25) is 0 Å². The number of halogens is 1. The van der Waals surface area contributed by atoms with Crippen molar-refractivity contribution >= 4 is 5.91 Å². The average Bonchev–Trinajstić information content (AvgIpc) is 2.55. The van der Waals surface area contributed by atoms with Crippen LogP contribution in [0.5, 0.6) is 11.5 Å². The van der Waals surface area contributed by atoms with E-state index in [1.807, 2.05) is 19.1 Å². The first-order chi connectivity index (χ1) is 11.0. The van der Waals surface area contributed by atoms with Crippen LogP contribution in [0.4, 0.5) is 4.39 Å². The third-order valence-corrected chi connectivity index (χ3v) is 3.64. The highest BCUT2D eigenvalue weighted by Crippen LogP contribution is 2.21. The Balaban J connectivity index is 1.89. The van der Waals surface area contributed by atoms with Crippen LogP contribution in [-0.2, 0) is 11.3 Å². The topological polar surface area (TPSA) is 64.4 Å². The van der Waals surface area contributed by atoms with Crippen LogP contribution in [-0.4, -0.2) is 11.9 Å². The summed E-state index contributed by atoms with van der Waals surface area (Å²) in [7, 11) is 0. The summed E-state index contributed by atoms with van der Waals surface area (Å²) in [6.45, 7) is 4.05. The molecule has 0 saturated heterocycles. The first kappa shape index (κ1) is 17.0. The maximum Gasteiger partial charge on any atom is 0.224 e. The molecule has 0 aliphatic carbocycles. The summed E-state index contributed by atoms with van der Waals surface area (Å²) < 4.78 is 18.5. The average molecular weight is 316 g/mol. The molecule has 122 valence electrons. The van der Waals surface area contributed by atoms with Crippen molar-refractivity contribution in [3.8, 4) is 11.5 Å². The van der Waals surface area contributed by atoms with Crippen molar-refractivity contribution in [3.63, 3.8) is 0 Å². The molecule has 0 aliphatic rings. The van der Waals surface area contributed by atoms with Crippen LogP contribution in [0.25, 0.3) is 0 Å². The Labute approximate surface area is 135 Å². The molecule has 0 saturated carbocycles. The Kier molecular flexibility index (Phi) is 5.71. The molecular weight excluding hydrogens is 295 g/mol. The summed E-state index contributed by atoms with van der Waals surface area (Å²) in [5, 5.41) is 2.85. The fraction of sp³-hybridized carbons (Fsp3) is 0.278. The van der Waals surface area contributed by atoms with E-state index in [-0.39, 0.29) is 23.7 Å². The normalized spacial score (nSPS) is 13.2. The summed E-state index contributed by atoms with van der Waals surface area (Å²) in [5.41, 5.74) is 6.67. The second kappa shape index (κ2) is 7.74. The summed E-state index contributed by atoms with van der Waals surface area (Å²) in [4.78, 5) is 11.8. The largest absolute Gasteiger partial charge is 0.457 e. The van der Waals surface area contributed by atoms with Gasteiger partial charge in [0.2, 0.25) is 5.91 Å². The molecule has 2 aromatic carbocycles. The lowest BCUT2D eigenvalue weighted by Crippen LogP contribution is -2.38. The lowest BCUT2D eigenvalue weighted by molar-refractivity contribution is -0.125. The third kappa shape index (κ3) is 5.07. The van der Waals surface area contributed by atoms with Crippen LogP contribution in [0.1, 0.15) is 19.4 Å². The van der Waals surface area contributed by atoms with Crippen LogP contribution in [0.15, 0.2) is 48.5 Å². The Hall–Kier alpha value is -2.40. The Morgan fingerprint density at radius 2 is 1.61 bits per heavy atom. The van der Waals surface area contributed by atoms with Crippen LogP contribution in [0, 0.1) is 11.7 Å². The van der Waals surface area contributed by atoms with Crippen molar-refractivity contribution in [3.05, 3.63) is 59.9 Å². The molecule has 0 bridgehead atoms. The number of carbonyl (C=O) groups is 1. The second-order valence-corrected chi connectivity index (χ2v) is 5.57. The van der Waals surface area contributed by atoms with Gasteiger partial charge in [-0.1, -0.05) is 19.1 Å².